The average molecular weight is 334 g/mol. The van der Waals surface area contributed by atoms with Crippen molar-refractivity contribution in [3.63, 3.8) is 0 Å². The summed E-state index contributed by atoms with van der Waals surface area (Å²) in [6, 6.07) is 0. The van der Waals surface area contributed by atoms with E-state index in [2.05, 4.69) is 11.1 Å². The van der Waals surface area contributed by atoms with E-state index in [0.29, 0.717) is 6.42 Å². The molecular formula is C14H31NaO5S. The zero-order chi connectivity index (χ0) is 15.7. The van der Waals surface area contributed by atoms with Crippen LogP contribution in [-0.2, 0) is 14.6 Å². The van der Waals surface area contributed by atoms with Crippen LogP contribution in [0.1, 0.15) is 78.1 Å². The first-order valence-electron chi connectivity index (χ1n) is 7.67. The van der Waals surface area contributed by atoms with E-state index in [0.717, 1.165) is 12.8 Å². The average Bonchev–Trinajstić information content (AvgIpc) is 2.35. The van der Waals surface area contributed by atoms with Crippen molar-refractivity contribution in [3.05, 3.63) is 0 Å². The third-order valence-electron chi connectivity index (χ3n) is 2.73. The van der Waals surface area contributed by atoms with Gasteiger partial charge in [0.05, 0.1) is 6.61 Å². The third-order valence-corrected chi connectivity index (χ3v) is 3.19. The van der Waals surface area contributed by atoms with E-state index in [1.54, 1.807) is 6.92 Å². The molecule has 0 atom stereocenters. The van der Waals surface area contributed by atoms with Crippen molar-refractivity contribution in [2.24, 2.45) is 0 Å². The molecule has 0 unspecified atom stereocenters. The van der Waals surface area contributed by atoms with Crippen LogP contribution in [0.25, 0.3) is 0 Å². The maximum absolute atomic E-state index is 10.2. The Bertz CT molecular complexity index is 271. The van der Waals surface area contributed by atoms with Gasteiger partial charge in [-0.2, -0.15) is 8.42 Å². The van der Waals surface area contributed by atoms with Crippen LogP contribution in [0.5, 0.6) is 0 Å². The molecule has 5 nitrogen and oxygen atoms in total. The van der Waals surface area contributed by atoms with Crippen molar-refractivity contribution >= 4 is 10.4 Å². The molecule has 0 aromatic heterocycles. The Balaban J connectivity index is -0.000000740. The second kappa shape index (κ2) is 20.8. The van der Waals surface area contributed by atoms with Gasteiger partial charge in [-0.15, -0.1) is 6.61 Å². The molecule has 0 bridgehead atoms. The summed E-state index contributed by atoms with van der Waals surface area (Å²) >= 11 is 0. The Hall–Kier alpha value is 0.830. The second-order valence-electron chi connectivity index (χ2n) is 4.72. The van der Waals surface area contributed by atoms with Crippen LogP contribution in [0.2, 0.25) is 0 Å². The molecule has 0 radical (unpaired) electrons. The third kappa shape index (κ3) is 33.6. The fraction of sp³-hybridized carbons (Fsp3) is 1.00. The molecular weight excluding hydrogens is 303 g/mol. The maximum Gasteiger partial charge on any atom is 1.00 e. The summed E-state index contributed by atoms with van der Waals surface area (Å²) in [6.45, 7) is 3.88. The molecule has 0 heterocycles. The minimum atomic E-state index is -4.23. The summed E-state index contributed by atoms with van der Waals surface area (Å²) in [5.74, 6) is 0. The van der Waals surface area contributed by atoms with E-state index in [1.165, 1.54) is 44.9 Å². The summed E-state index contributed by atoms with van der Waals surface area (Å²) in [6.07, 6.45) is 11.9. The molecule has 0 rings (SSSR count). The molecule has 0 aliphatic carbocycles. The largest absolute Gasteiger partial charge is 1.00 e. The van der Waals surface area contributed by atoms with Crippen LogP contribution in [-0.4, -0.2) is 26.2 Å². The Morgan fingerprint density at radius 3 is 1.52 bits per heavy atom. The molecule has 0 aliphatic heterocycles. The number of unbranched alkanes of at least 4 members (excludes halogenated alkanes) is 9. The van der Waals surface area contributed by atoms with Crippen LogP contribution in [0.15, 0.2) is 0 Å². The Kier molecular flexibility index (Phi) is 26.5. The minimum Gasteiger partial charge on any atom is -0.855 e. The van der Waals surface area contributed by atoms with Crippen LogP contribution >= 0.6 is 0 Å². The number of hydrogen-bond donors (Lipinski definition) is 1. The van der Waals surface area contributed by atoms with Crippen molar-refractivity contribution in [1.82, 2.24) is 0 Å². The molecule has 7 heteroatoms. The SMILES string of the molecule is CCCCCCCCCCCCOS(=O)(=O)O.CC[O-].[Na+]. The first-order valence-corrected chi connectivity index (χ1v) is 9.04. The van der Waals surface area contributed by atoms with Crippen molar-refractivity contribution in [2.45, 2.75) is 78.1 Å². The van der Waals surface area contributed by atoms with Gasteiger partial charge in [-0.3, -0.25) is 4.55 Å². The minimum absolute atomic E-state index is 0. The molecule has 0 fully saturated rings. The summed E-state index contributed by atoms with van der Waals surface area (Å²) in [7, 11) is -4.23. The summed E-state index contributed by atoms with van der Waals surface area (Å²) in [4.78, 5) is 0. The molecule has 1 N–H and O–H groups in total. The molecule has 0 spiro atoms. The predicted octanol–water partition coefficient (Wildman–Crippen LogP) is 0.0973. The van der Waals surface area contributed by atoms with Crippen LogP contribution < -0.4 is 34.7 Å². The quantitative estimate of drug-likeness (QED) is 0.311. The Morgan fingerprint density at radius 1 is 0.857 bits per heavy atom. The summed E-state index contributed by atoms with van der Waals surface area (Å²) < 4.78 is 33.0. The summed E-state index contributed by atoms with van der Waals surface area (Å²) in [5, 5.41) is 8.93. The normalized spacial score (nSPS) is 10.5. The molecule has 0 aromatic rings. The molecule has 0 aliphatic rings. The van der Waals surface area contributed by atoms with Crippen molar-refractivity contribution in [2.75, 3.05) is 13.2 Å². The molecule has 0 aromatic carbocycles. The van der Waals surface area contributed by atoms with Gasteiger partial charge in [-0.25, -0.2) is 4.18 Å². The number of rotatable bonds is 12. The maximum atomic E-state index is 10.2. The fourth-order valence-electron chi connectivity index (χ4n) is 1.75. The molecule has 0 saturated heterocycles. The second-order valence-corrected chi connectivity index (χ2v) is 5.81. The van der Waals surface area contributed by atoms with E-state index in [-0.39, 0.29) is 42.8 Å². The van der Waals surface area contributed by atoms with E-state index in [4.69, 9.17) is 9.66 Å². The predicted molar refractivity (Wildman–Crippen MR) is 79.9 cm³/mol. The van der Waals surface area contributed by atoms with E-state index >= 15 is 0 Å². The molecule has 0 saturated carbocycles. The van der Waals surface area contributed by atoms with Crippen LogP contribution in [0, 0.1) is 0 Å². The van der Waals surface area contributed by atoms with Gasteiger partial charge in [0.2, 0.25) is 0 Å². The van der Waals surface area contributed by atoms with Gasteiger partial charge < -0.3 is 5.11 Å². The monoisotopic (exact) mass is 334 g/mol. The first-order chi connectivity index (χ1) is 9.47. The van der Waals surface area contributed by atoms with Gasteiger partial charge in [0.25, 0.3) is 0 Å². The first kappa shape index (κ1) is 26.7. The molecule has 21 heavy (non-hydrogen) atoms. The van der Waals surface area contributed by atoms with Gasteiger partial charge in [-0.1, -0.05) is 71.6 Å². The topological polar surface area (TPSA) is 86.7 Å². The van der Waals surface area contributed by atoms with Gasteiger partial charge in [-0.05, 0) is 6.42 Å². The van der Waals surface area contributed by atoms with Crippen molar-refractivity contribution in [3.8, 4) is 0 Å². The summed E-state index contributed by atoms with van der Waals surface area (Å²) in [5.41, 5.74) is 0. The van der Waals surface area contributed by atoms with E-state index in [9.17, 15) is 8.42 Å². The zero-order valence-electron chi connectivity index (χ0n) is 14.0. The molecule has 0 amide bonds. The van der Waals surface area contributed by atoms with E-state index in [1.807, 2.05) is 0 Å². The van der Waals surface area contributed by atoms with Crippen LogP contribution in [0.4, 0.5) is 0 Å². The zero-order valence-corrected chi connectivity index (χ0v) is 16.8. The van der Waals surface area contributed by atoms with Crippen molar-refractivity contribution in [1.29, 1.82) is 0 Å². The smallest absolute Gasteiger partial charge is 0.855 e. The van der Waals surface area contributed by atoms with Crippen LogP contribution in [0.3, 0.4) is 0 Å². The van der Waals surface area contributed by atoms with Gasteiger partial charge in [0, 0.05) is 0 Å². The number of hydrogen-bond acceptors (Lipinski definition) is 4. The Labute approximate surface area is 153 Å². The van der Waals surface area contributed by atoms with Gasteiger partial charge in [0.1, 0.15) is 0 Å². The fourth-order valence-corrected chi connectivity index (χ4v) is 2.08. The molecule has 124 valence electrons. The van der Waals surface area contributed by atoms with Gasteiger partial charge >= 0.3 is 40.0 Å². The Morgan fingerprint density at radius 2 is 1.19 bits per heavy atom. The van der Waals surface area contributed by atoms with Crippen molar-refractivity contribution < 1.29 is 51.8 Å². The van der Waals surface area contributed by atoms with E-state index < -0.39 is 10.4 Å². The van der Waals surface area contributed by atoms with Gasteiger partial charge in [0.15, 0.2) is 0 Å². The standard InChI is InChI=1S/C12H26O4S.C2H5O.Na/c1-2-3-4-5-6-7-8-9-10-11-12-16-17(13,14)15;1-2-3;/h2-12H2,1H3,(H,13,14,15);2H2,1H3;/q;-1;+1.